The molecule has 1 aliphatic rings. The highest BCUT2D eigenvalue weighted by atomic mass is 32.2. The monoisotopic (exact) mass is 312 g/mol. The molecule has 0 bridgehead atoms. The molecular formula is C14H20N2O4S. The molecule has 0 aliphatic heterocycles. The topological polar surface area (TPSA) is 87.7 Å². The molecule has 1 aromatic rings. The van der Waals surface area contributed by atoms with Gasteiger partial charge in [0.15, 0.2) is 0 Å². The second kappa shape index (κ2) is 7.42. The van der Waals surface area contributed by atoms with Crippen LogP contribution in [0.3, 0.4) is 0 Å². The Kier molecular flexibility index (Phi) is 5.58. The van der Waals surface area contributed by atoms with Gasteiger partial charge in [-0.15, -0.1) is 0 Å². The van der Waals surface area contributed by atoms with Crippen molar-refractivity contribution in [1.29, 1.82) is 0 Å². The summed E-state index contributed by atoms with van der Waals surface area (Å²) in [5, 5.41) is 3.38. The second-order valence-corrected chi connectivity index (χ2v) is 5.78. The predicted octanol–water partition coefficient (Wildman–Crippen LogP) is 2.77. The molecule has 6 nitrogen and oxygen atoms in total. The van der Waals surface area contributed by atoms with Crippen molar-refractivity contribution < 1.29 is 18.3 Å². The van der Waals surface area contributed by atoms with Crippen LogP contribution < -0.4 is 10.0 Å². The molecular weight excluding hydrogens is 292 g/mol. The predicted molar refractivity (Wildman–Crippen MR) is 82.7 cm³/mol. The Labute approximate surface area is 126 Å². The Morgan fingerprint density at radius 2 is 2.05 bits per heavy atom. The van der Waals surface area contributed by atoms with Crippen LogP contribution >= 0.6 is 0 Å². The third-order valence-electron chi connectivity index (χ3n) is 3.59. The SMILES string of the molecule is COC(=O)c1cc(NS(=O)O)ccc1NC1CCCCC1. The van der Waals surface area contributed by atoms with E-state index in [1.54, 1.807) is 12.1 Å². The van der Waals surface area contributed by atoms with Crippen LogP contribution in [0.1, 0.15) is 42.5 Å². The lowest BCUT2D eigenvalue weighted by molar-refractivity contribution is 0.0602. The molecule has 0 spiro atoms. The van der Waals surface area contributed by atoms with Gasteiger partial charge in [0.2, 0.25) is 0 Å². The number of methoxy groups -OCH3 is 1. The summed E-state index contributed by atoms with van der Waals surface area (Å²) in [6, 6.07) is 5.26. The minimum atomic E-state index is -2.18. The number of hydrogen-bond acceptors (Lipinski definition) is 4. The molecule has 0 amide bonds. The molecule has 0 aromatic heterocycles. The fourth-order valence-electron chi connectivity index (χ4n) is 2.58. The molecule has 1 fully saturated rings. The molecule has 116 valence electrons. The van der Waals surface area contributed by atoms with E-state index in [2.05, 4.69) is 10.0 Å². The van der Waals surface area contributed by atoms with Gasteiger partial charge in [-0.25, -0.2) is 9.00 Å². The van der Waals surface area contributed by atoms with Crippen molar-refractivity contribution in [3.8, 4) is 0 Å². The van der Waals surface area contributed by atoms with Crippen LogP contribution in [0.15, 0.2) is 18.2 Å². The molecule has 0 radical (unpaired) electrons. The van der Waals surface area contributed by atoms with E-state index in [1.165, 1.54) is 32.4 Å². The molecule has 1 aromatic carbocycles. The summed E-state index contributed by atoms with van der Waals surface area (Å²) in [4.78, 5) is 11.9. The fourth-order valence-corrected chi connectivity index (χ4v) is 2.91. The normalized spacial score (nSPS) is 17.0. The van der Waals surface area contributed by atoms with Gasteiger partial charge in [0.1, 0.15) is 0 Å². The van der Waals surface area contributed by atoms with Gasteiger partial charge in [-0.2, -0.15) is 0 Å². The van der Waals surface area contributed by atoms with Gasteiger partial charge in [-0.3, -0.25) is 9.27 Å². The number of ether oxygens (including phenoxy) is 1. The Bertz CT molecular complexity index is 530. The minimum absolute atomic E-state index is 0.355. The number of esters is 1. The van der Waals surface area contributed by atoms with Gasteiger partial charge in [0, 0.05) is 17.4 Å². The van der Waals surface area contributed by atoms with Crippen LogP contribution in [-0.2, 0) is 16.0 Å². The summed E-state index contributed by atoms with van der Waals surface area (Å²) in [7, 11) is 1.32. The first kappa shape index (κ1) is 15.8. The number of nitrogens with one attached hydrogen (secondary N) is 2. The van der Waals surface area contributed by atoms with Crippen molar-refractivity contribution in [1.82, 2.24) is 0 Å². The van der Waals surface area contributed by atoms with E-state index in [9.17, 15) is 9.00 Å². The highest BCUT2D eigenvalue weighted by molar-refractivity contribution is 7.80. The maximum Gasteiger partial charge on any atom is 0.340 e. The lowest BCUT2D eigenvalue weighted by atomic mass is 9.95. The summed E-state index contributed by atoms with van der Waals surface area (Å²) in [5.41, 5.74) is 1.45. The van der Waals surface area contributed by atoms with Crippen molar-refractivity contribution in [3.63, 3.8) is 0 Å². The zero-order valence-corrected chi connectivity index (χ0v) is 12.7. The lowest BCUT2D eigenvalue weighted by Crippen LogP contribution is -2.23. The standard InChI is InChI=1S/C14H20N2O4S/c1-20-14(17)12-9-11(16-21(18)19)7-8-13(12)15-10-5-3-2-4-6-10/h7-10,15-16H,2-6H2,1H3,(H,18,19). The van der Waals surface area contributed by atoms with Gasteiger partial charge in [-0.05, 0) is 31.0 Å². The summed E-state index contributed by atoms with van der Waals surface area (Å²) in [5.74, 6) is -0.472. The molecule has 1 unspecified atom stereocenters. The molecule has 0 heterocycles. The van der Waals surface area contributed by atoms with E-state index in [1.807, 2.05) is 0 Å². The van der Waals surface area contributed by atoms with E-state index in [-0.39, 0.29) is 0 Å². The van der Waals surface area contributed by atoms with Gasteiger partial charge in [-0.1, -0.05) is 19.3 Å². The van der Waals surface area contributed by atoms with Crippen LogP contribution in [0.4, 0.5) is 11.4 Å². The summed E-state index contributed by atoms with van der Waals surface area (Å²) >= 11 is -2.18. The third-order valence-corrected chi connectivity index (χ3v) is 4.01. The smallest absolute Gasteiger partial charge is 0.340 e. The summed E-state index contributed by atoms with van der Waals surface area (Å²) in [6.07, 6.45) is 5.80. The van der Waals surface area contributed by atoms with Crippen LogP contribution in [0, 0.1) is 0 Å². The van der Waals surface area contributed by atoms with Gasteiger partial charge in [0.25, 0.3) is 11.3 Å². The molecule has 3 N–H and O–H groups in total. The summed E-state index contributed by atoms with van der Waals surface area (Å²) < 4.78 is 26.8. The maximum absolute atomic E-state index is 11.9. The fraction of sp³-hybridized carbons (Fsp3) is 0.500. The van der Waals surface area contributed by atoms with Crippen molar-refractivity contribution in [3.05, 3.63) is 23.8 Å². The number of benzene rings is 1. The van der Waals surface area contributed by atoms with E-state index < -0.39 is 17.2 Å². The molecule has 1 aliphatic carbocycles. The van der Waals surface area contributed by atoms with Crippen molar-refractivity contribution in [2.45, 2.75) is 38.1 Å². The molecule has 1 saturated carbocycles. The Morgan fingerprint density at radius 1 is 1.33 bits per heavy atom. The first-order valence-electron chi connectivity index (χ1n) is 6.96. The van der Waals surface area contributed by atoms with Crippen LogP contribution in [0.25, 0.3) is 0 Å². The van der Waals surface area contributed by atoms with E-state index in [4.69, 9.17) is 9.29 Å². The minimum Gasteiger partial charge on any atom is -0.465 e. The van der Waals surface area contributed by atoms with Crippen molar-refractivity contribution in [2.75, 3.05) is 17.1 Å². The number of anilines is 2. The maximum atomic E-state index is 11.9. The largest absolute Gasteiger partial charge is 0.465 e. The molecule has 0 saturated heterocycles. The van der Waals surface area contributed by atoms with Gasteiger partial charge >= 0.3 is 5.97 Å². The van der Waals surface area contributed by atoms with E-state index in [0.717, 1.165) is 12.8 Å². The summed E-state index contributed by atoms with van der Waals surface area (Å²) in [6.45, 7) is 0. The van der Waals surface area contributed by atoms with Crippen molar-refractivity contribution >= 4 is 28.6 Å². The van der Waals surface area contributed by atoms with Gasteiger partial charge in [0.05, 0.1) is 12.7 Å². The number of carbonyl (C=O) groups is 1. The average molecular weight is 312 g/mol. The Morgan fingerprint density at radius 3 is 2.67 bits per heavy atom. The molecule has 21 heavy (non-hydrogen) atoms. The second-order valence-electron chi connectivity index (χ2n) is 5.08. The number of rotatable bonds is 5. The number of carbonyl (C=O) groups excluding carboxylic acids is 1. The quantitative estimate of drug-likeness (QED) is 0.575. The molecule has 1 atom stereocenters. The average Bonchev–Trinajstić information content (AvgIpc) is 2.48. The number of hydrogen-bond donors (Lipinski definition) is 3. The lowest BCUT2D eigenvalue weighted by Gasteiger charge is -2.25. The Balaban J connectivity index is 2.21. The van der Waals surface area contributed by atoms with Crippen LogP contribution in [0.2, 0.25) is 0 Å². The van der Waals surface area contributed by atoms with Gasteiger partial charge < -0.3 is 10.1 Å². The third kappa shape index (κ3) is 4.44. The highest BCUT2D eigenvalue weighted by Crippen LogP contribution is 2.26. The van der Waals surface area contributed by atoms with Crippen LogP contribution in [-0.4, -0.2) is 27.9 Å². The van der Waals surface area contributed by atoms with E-state index >= 15 is 0 Å². The zero-order chi connectivity index (χ0) is 15.2. The van der Waals surface area contributed by atoms with Crippen molar-refractivity contribution in [2.24, 2.45) is 0 Å². The zero-order valence-electron chi connectivity index (χ0n) is 11.9. The molecule has 2 rings (SSSR count). The Hall–Kier alpha value is -1.60. The van der Waals surface area contributed by atoms with Crippen LogP contribution in [0.5, 0.6) is 0 Å². The highest BCUT2D eigenvalue weighted by Gasteiger charge is 2.18. The first-order chi connectivity index (χ1) is 10.1. The molecule has 7 heteroatoms. The first-order valence-corrected chi connectivity index (χ1v) is 8.07. The van der Waals surface area contributed by atoms with E-state index in [0.29, 0.717) is 23.0 Å².